The lowest BCUT2D eigenvalue weighted by atomic mass is 9.84. The fourth-order valence-corrected chi connectivity index (χ4v) is 3.86. The van der Waals surface area contributed by atoms with Gasteiger partial charge in [0, 0.05) is 51.7 Å². The Balaban J connectivity index is 1.53. The van der Waals surface area contributed by atoms with Crippen molar-refractivity contribution in [3.63, 3.8) is 0 Å². The summed E-state index contributed by atoms with van der Waals surface area (Å²) < 4.78 is 0. The summed E-state index contributed by atoms with van der Waals surface area (Å²) in [5.74, 6) is 1.08. The van der Waals surface area contributed by atoms with Gasteiger partial charge in [-0.3, -0.25) is 9.69 Å². The maximum Gasteiger partial charge on any atom is 0.222 e. The minimum atomic E-state index is 0.391. The second kappa shape index (κ2) is 6.41. The summed E-state index contributed by atoms with van der Waals surface area (Å²) in [7, 11) is 2.19. The van der Waals surface area contributed by atoms with Crippen LogP contribution >= 0.6 is 0 Å². The fraction of sp³-hybridized carbons (Fsp3) is 0.933. The number of amides is 1. The highest BCUT2D eigenvalue weighted by molar-refractivity contribution is 5.77. The van der Waals surface area contributed by atoms with Crippen LogP contribution in [-0.2, 0) is 4.79 Å². The molecule has 3 aliphatic heterocycles. The third kappa shape index (κ3) is 3.15. The average Bonchev–Trinajstić information content (AvgIpc) is 2.48. The number of likely N-dealkylation sites (N-methyl/N-ethyl adjacent to an activating group) is 1. The summed E-state index contributed by atoms with van der Waals surface area (Å²) in [6.45, 7) is 8.76. The molecule has 3 fully saturated rings. The molecule has 0 bridgehead atoms. The molecule has 1 amide bonds. The van der Waals surface area contributed by atoms with Crippen LogP contribution in [0.2, 0.25) is 0 Å². The normalized spacial score (nSPS) is 33.2. The fourth-order valence-electron chi connectivity index (χ4n) is 3.86. The van der Waals surface area contributed by atoms with Gasteiger partial charge in [-0.25, -0.2) is 0 Å². The quantitative estimate of drug-likeness (QED) is 0.779. The molecule has 0 spiro atoms. The molecule has 5 heteroatoms. The average molecular weight is 280 g/mol. The van der Waals surface area contributed by atoms with Gasteiger partial charge in [-0.2, -0.15) is 0 Å². The first-order valence-electron chi connectivity index (χ1n) is 8.15. The predicted octanol–water partition coefficient (Wildman–Crippen LogP) is -0.166. The lowest BCUT2D eigenvalue weighted by molar-refractivity contribution is -0.140. The van der Waals surface area contributed by atoms with Gasteiger partial charge >= 0.3 is 0 Å². The molecular weight excluding hydrogens is 252 g/mol. The van der Waals surface area contributed by atoms with Crippen molar-refractivity contribution < 1.29 is 4.79 Å². The van der Waals surface area contributed by atoms with Gasteiger partial charge in [0.1, 0.15) is 0 Å². The molecule has 0 aliphatic carbocycles. The van der Waals surface area contributed by atoms with Crippen LogP contribution in [-0.4, -0.2) is 86.1 Å². The number of fused-ring (bicyclic) bond motifs is 1. The van der Waals surface area contributed by atoms with E-state index in [0.717, 1.165) is 71.6 Å². The first-order chi connectivity index (χ1) is 9.74. The SMILES string of the molecule is CN1CCN(CCN2C(=O)CCC3CNCCC32)CC1. The van der Waals surface area contributed by atoms with E-state index in [0.29, 0.717) is 17.9 Å². The zero-order valence-corrected chi connectivity index (χ0v) is 12.7. The van der Waals surface area contributed by atoms with E-state index >= 15 is 0 Å². The van der Waals surface area contributed by atoms with Crippen molar-refractivity contribution in [1.29, 1.82) is 0 Å². The monoisotopic (exact) mass is 280 g/mol. The Labute approximate surface area is 122 Å². The van der Waals surface area contributed by atoms with Crippen molar-refractivity contribution in [1.82, 2.24) is 20.0 Å². The van der Waals surface area contributed by atoms with Crippen LogP contribution in [0.3, 0.4) is 0 Å². The number of nitrogens with one attached hydrogen (secondary N) is 1. The minimum Gasteiger partial charge on any atom is -0.338 e. The standard InChI is InChI=1S/C15H28N4O/c1-17-6-8-18(9-7-17)10-11-19-14-4-5-16-12-13(14)2-3-15(19)20/h13-14,16H,2-12H2,1H3. The maximum atomic E-state index is 12.3. The van der Waals surface area contributed by atoms with Gasteiger partial charge in [-0.15, -0.1) is 0 Å². The molecule has 0 aromatic heterocycles. The van der Waals surface area contributed by atoms with Crippen molar-refractivity contribution in [3.8, 4) is 0 Å². The van der Waals surface area contributed by atoms with Gasteiger partial charge in [0.2, 0.25) is 5.91 Å². The molecule has 2 atom stereocenters. The molecule has 20 heavy (non-hydrogen) atoms. The highest BCUT2D eigenvalue weighted by Crippen LogP contribution is 2.28. The van der Waals surface area contributed by atoms with E-state index in [9.17, 15) is 4.79 Å². The molecule has 0 saturated carbocycles. The van der Waals surface area contributed by atoms with Crippen molar-refractivity contribution in [3.05, 3.63) is 0 Å². The maximum absolute atomic E-state index is 12.3. The van der Waals surface area contributed by atoms with Crippen molar-refractivity contribution in [2.24, 2.45) is 5.92 Å². The number of carbonyl (C=O) groups is 1. The first kappa shape index (κ1) is 14.3. The molecule has 0 aromatic carbocycles. The second-order valence-corrected chi connectivity index (χ2v) is 6.59. The van der Waals surface area contributed by atoms with Gasteiger partial charge in [0.05, 0.1) is 0 Å². The Morgan fingerprint density at radius 3 is 2.75 bits per heavy atom. The van der Waals surface area contributed by atoms with Crippen LogP contribution in [0.1, 0.15) is 19.3 Å². The van der Waals surface area contributed by atoms with Gasteiger partial charge in [0.25, 0.3) is 0 Å². The Hall–Kier alpha value is -0.650. The third-order valence-electron chi connectivity index (χ3n) is 5.27. The van der Waals surface area contributed by atoms with Crippen molar-refractivity contribution in [2.45, 2.75) is 25.3 Å². The lowest BCUT2D eigenvalue weighted by Crippen LogP contribution is -2.57. The zero-order chi connectivity index (χ0) is 13.9. The van der Waals surface area contributed by atoms with Gasteiger partial charge < -0.3 is 15.1 Å². The number of piperidine rings is 2. The molecule has 114 valence electrons. The van der Waals surface area contributed by atoms with Gasteiger partial charge in [-0.05, 0) is 38.9 Å². The number of carbonyl (C=O) groups excluding carboxylic acids is 1. The van der Waals surface area contributed by atoms with E-state index in [1.807, 2.05) is 0 Å². The number of nitrogens with zero attached hydrogens (tertiary/aromatic N) is 3. The van der Waals surface area contributed by atoms with E-state index in [1.165, 1.54) is 0 Å². The summed E-state index contributed by atoms with van der Waals surface area (Å²) in [5, 5.41) is 3.48. The Kier molecular flexibility index (Phi) is 4.58. The Morgan fingerprint density at radius 1 is 1.15 bits per heavy atom. The van der Waals surface area contributed by atoms with Crippen molar-refractivity contribution in [2.75, 3.05) is 59.4 Å². The molecule has 0 aromatic rings. The molecule has 2 unspecified atom stereocenters. The van der Waals surface area contributed by atoms with Gasteiger partial charge in [0.15, 0.2) is 0 Å². The minimum absolute atomic E-state index is 0.391. The molecule has 3 aliphatic rings. The van der Waals surface area contributed by atoms with Crippen LogP contribution in [0.5, 0.6) is 0 Å². The smallest absolute Gasteiger partial charge is 0.222 e. The molecule has 5 nitrogen and oxygen atoms in total. The molecule has 1 N–H and O–H groups in total. The van der Waals surface area contributed by atoms with Crippen LogP contribution in [0.15, 0.2) is 0 Å². The summed E-state index contributed by atoms with van der Waals surface area (Å²) in [6, 6.07) is 0.505. The topological polar surface area (TPSA) is 38.8 Å². The van der Waals surface area contributed by atoms with Gasteiger partial charge in [-0.1, -0.05) is 0 Å². The Bertz CT molecular complexity index is 341. The zero-order valence-electron chi connectivity index (χ0n) is 12.7. The van der Waals surface area contributed by atoms with E-state index in [2.05, 4.69) is 27.1 Å². The summed E-state index contributed by atoms with van der Waals surface area (Å²) >= 11 is 0. The van der Waals surface area contributed by atoms with E-state index in [1.54, 1.807) is 0 Å². The predicted molar refractivity (Wildman–Crippen MR) is 79.6 cm³/mol. The number of rotatable bonds is 3. The largest absolute Gasteiger partial charge is 0.338 e. The van der Waals surface area contributed by atoms with Crippen LogP contribution in [0.25, 0.3) is 0 Å². The molecule has 3 saturated heterocycles. The van der Waals surface area contributed by atoms with Crippen LogP contribution in [0, 0.1) is 5.92 Å². The Morgan fingerprint density at radius 2 is 1.95 bits per heavy atom. The van der Waals surface area contributed by atoms with Crippen LogP contribution < -0.4 is 5.32 Å². The molecule has 3 rings (SSSR count). The third-order valence-corrected chi connectivity index (χ3v) is 5.27. The van der Waals surface area contributed by atoms with E-state index in [4.69, 9.17) is 0 Å². The summed E-state index contributed by atoms with van der Waals surface area (Å²) in [4.78, 5) is 19.3. The summed E-state index contributed by atoms with van der Waals surface area (Å²) in [6.07, 6.45) is 2.98. The first-order valence-corrected chi connectivity index (χ1v) is 8.15. The van der Waals surface area contributed by atoms with Crippen LogP contribution in [0.4, 0.5) is 0 Å². The number of likely N-dealkylation sites (tertiary alicyclic amines) is 1. The van der Waals surface area contributed by atoms with Crippen molar-refractivity contribution >= 4 is 5.91 Å². The number of piperazine rings is 1. The second-order valence-electron chi connectivity index (χ2n) is 6.59. The molecule has 3 heterocycles. The number of hydrogen-bond donors (Lipinski definition) is 1. The molecule has 0 radical (unpaired) electrons. The van der Waals surface area contributed by atoms with E-state index < -0.39 is 0 Å². The lowest BCUT2D eigenvalue weighted by Gasteiger charge is -2.45. The highest BCUT2D eigenvalue weighted by atomic mass is 16.2. The van der Waals surface area contributed by atoms with E-state index in [-0.39, 0.29) is 0 Å². The summed E-state index contributed by atoms with van der Waals surface area (Å²) in [5.41, 5.74) is 0. The number of hydrogen-bond acceptors (Lipinski definition) is 4. The molecular formula is C15H28N4O. The highest BCUT2D eigenvalue weighted by Gasteiger charge is 2.36.